The highest BCUT2D eigenvalue weighted by Crippen LogP contribution is 2.37. The third kappa shape index (κ3) is 4.57. The van der Waals surface area contributed by atoms with Gasteiger partial charge < -0.3 is 10.1 Å². The minimum atomic E-state index is -4.09. The third-order valence-electron chi connectivity index (χ3n) is 6.13. The topological polar surface area (TPSA) is 92.8 Å². The van der Waals surface area contributed by atoms with E-state index in [9.17, 15) is 18.0 Å². The summed E-state index contributed by atoms with van der Waals surface area (Å²) in [4.78, 5) is 26.9. The minimum absolute atomic E-state index is 0.0169. The maximum Gasteiger partial charge on any atom is 0.265 e. The Labute approximate surface area is 220 Å². The average Bonchev–Trinajstić information content (AvgIpc) is 2.95. The summed E-state index contributed by atoms with van der Waals surface area (Å²) >= 11 is 0. The molecule has 0 saturated carbocycles. The molecule has 38 heavy (non-hydrogen) atoms. The molecule has 1 aliphatic heterocycles. The standard InChI is InChI=1S/C30H24N2O5S/c1-2-19-32-29(30(34)22-12-4-3-5-13-22)28(24-16-8-9-18-26(24)38(32,35)36)31-27(33)20-37-25-17-10-14-21-11-6-7-15-23(21)25/h2-18H,1,19-20H2,(H,31,33). The van der Waals surface area contributed by atoms with Crippen molar-refractivity contribution in [1.29, 1.82) is 0 Å². The van der Waals surface area contributed by atoms with Gasteiger partial charge in [0.05, 0.1) is 17.1 Å². The molecule has 1 N–H and O–H groups in total. The number of rotatable bonds is 8. The number of amides is 1. The van der Waals surface area contributed by atoms with Gasteiger partial charge in [-0.2, -0.15) is 0 Å². The van der Waals surface area contributed by atoms with Crippen molar-refractivity contribution >= 4 is 38.2 Å². The number of nitrogens with zero attached hydrogens (tertiary/aromatic N) is 1. The third-order valence-corrected chi connectivity index (χ3v) is 7.95. The number of ether oxygens (including phenoxy) is 1. The number of nitrogens with one attached hydrogen (secondary N) is 1. The van der Waals surface area contributed by atoms with Crippen molar-refractivity contribution < 1.29 is 22.7 Å². The van der Waals surface area contributed by atoms with Crippen LogP contribution in [0.2, 0.25) is 0 Å². The highest BCUT2D eigenvalue weighted by atomic mass is 32.2. The van der Waals surface area contributed by atoms with E-state index in [1.54, 1.807) is 54.6 Å². The van der Waals surface area contributed by atoms with Gasteiger partial charge in [-0.05, 0) is 17.5 Å². The minimum Gasteiger partial charge on any atom is -0.483 e. The SMILES string of the molecule is C=CCN1C(C(=O)c2ccccc2)=C(NC(=O)COc2cccc3ccccc23)c2ccccc2S1(=O)=O. The van der Waals surface area contributed by atoms with E-state index in [2.05, 4.69) is 11.9 Å². The Morgan fingerprint density at radius 3 is 2.34 bits per heavy atom. The maximum absolute atomic E-state index is 13.7. The molecule has 4 aromatic rings. The van der Waals surface area contributed by atoms with Gasteiger partial charge in [0.15, 0.2) is 6.61 Å². The van der Waals surface area contributed by atoms with Gasteiger partial charge in [-0.15, -0.1) is 6.58 Å². The number of carbonyl (C=O) groups is 2. The van der Waals surface area contributed by atoms with Crippen LogP contribution in [0.5, 0.6) is 5.75 Å². The molecule has 1 heterocycles. The van der Waals surface area contributed by atoms with Crippen LogP contribution < -0.4 is 10.1 Å². The maximum atomic E-state index is 13.7. The highest BCUT2D eigenvalue weighted by Gasteiger charge is 2.40. The van der Waals surface area contributed by atoms with Gasteiger partial charge in [0.2, 0.25) is 5.78 Å². The van der Waals surface area contributed by atoms with Crippen LogP contribution in [0.15, 0.2) is 120 Å². The molecule has 190 valence electrons. The average molecular weight is 525 g/mol. The van der Waals surface area contributed by atoms with Crippen LogP contribution in [0.1, 0.15) is 15.9 Å². The van der Waals surface area contributed by atoms with Gasteiger partial charge in [-0.1, -0.05) is 91.0 Å². The molecule has 0 aromatic heterocycles. The Hall–Kier alpha value is -4.69. The molecule has 7 nitrogen and oxygen atoms in total. The molecule has 1 aliphatic rings. The zero-order valence-corrected chi connectivity index (χ0v) is 21.1. The van der Waals surface area contributed by atoms with E-state index in [4.69, 9.17) is 4.74 Å². The number of ketones is 1. The van der Waals surface area contributed by atoms with Gasteiger partial charge in [0.25, 0.3) is 15.9 Å². The normalized spacial score (nSPS) is 14.1. The molecule has 0 bridgehead atoms. The van der Waals surface area contributed by atoms with Crippen molar-refractivity contribution in [3.05, 3.63) is 127 Å². The smallest absolute Gasteiger partial charge is 0.265 e. The van der Waals surface area contributed by atoms with E-state index in [1.165, 1.54) is 12.1 Å². The molecule has 4 aromatic carbocycles. The number of hydrogen-bond acceptors (Lipinski definition) is 5. The lowest BCUT2D eigenvalue weighted by molar-refractivity contribution is -0.121. The van der Waals surface area contributed by atoms with Crippen molar-refractivity contribution in [3.8, 4) is 5.75 Å². The number of fused-ring (bicyclic) bond motifs is 2. The number of sulfonamides is 1. The van der Waals surface area contributed by atoms with Crippen molar-refractivity contribution in [2.75, 3.05) is 13.2 Å². The molecule has 0 aliphatic carbocycles. The summed E-state index contributed by atoms with van der Waals surface area (Å²) in [6, 6.07) is 27.8. The molecule has 0 spiro atoms. The largest absolute Gasteiger partial charge is 0.483 e. The Kier molecular flexibility index (Phi) is 6.81. The first kappa shape index (κ1) is 25.0. The molecule has 0 radical (unpaired) electrons. The zero-order chi connectivity index (χ0) is 26.7. The van der Waals surface area contributed by atoms with Gasteiger partial charge in [-0.25, -0.2) is 8.42 Å². The lowest BCUT2D eigenvalue weighted by Crippen LogP contribution is -2.42. The monoisotopic (exact) mass is 524 g/mol. The lowest BCUT2D eigenvalue weighted by Gasteiger charge is -2.33. The number of Topliss-reactive ketones (excluding diaryl/α,β-unsaturated/α-hetero) is 1. The Balaban J connectivity index is 1.56. The van der Waals surface area contributed by atoms with Crippen LogP contribution in [-0.4, -0.2) is 37.6 Å². The predicted molar refractivity (Wildman–Crippen MR) is 146 cm³/mol. The molecular formula is C30H24N2O5S. The second-order valence-electron chi connectivity index (χ2n) is 8.55. The van der Waals surface area contributed by atoms with E-state index in [1.807, 2.05) is 36.4 Å². The summed E-state index contributed by atoms with van der Waals surface area (Å²) in [6.45, 7) is 3.17. The Morgan fingerprint density at radius 1 is 0.868 bits per heavy atom. The quantitative estimate of drug-likeness (QED) is 0.265. The number of allylic oxidation sites excluding steroid dienone is 1. The molecule has 5 rings (SSSR count). The van der Waals surface area contributed by atoms with E-state index in [0.29, 0.717) is 5.75 Å². The van der Waals surface area contributed by atoms with Crippen LogP contribution in [0, 0.1) is 0 Å². The van der Waals surface area contributed by atoms with E-state index >= 15 is 0 Å². The summed E-state index contributed by atoms with van der Waals surface area (Å²) in [7, 11) is -4.09. The fourth-order valence-electron chi connectivity index (χ4n) is 4.42. The van der Waals surface area contributed by atoms with Crippen molar-refractivity contribution in [3.63, 3.8) is 0 Å². The van der Waals surface area contributed by atoms with Gasteiger partial charge in [0.1, 0.15) is 11.4 Å². The summed E-state index contributed by atoms with van der Waals surface area (Å²) in [5.41, 5.74) is 0.446. The summed E-state index contributed by atoms with van der Waals surface area (Å²) in [5.74, 6) is -0.553. The molecule has 0 unspecified atom stereocenters. The molecule has 0 atom stereocenters. The van der Waals surface area contributed by atoms with Gasteiger partial charge in [-0.3, -0.25) is 13.9 Å². The van der Waals surface area contributed by atoms with Crippen molar-refractivity contribution in [2.45, 2.75) is 4.90 Å². The molecule has 0 saturated heterocycles. The summed E-state index contributed by atoms with van der Waals surface area (Å²) < 4.78 is 33.9. The van der Waals surface area contributed by atoms with E-state index in [0.717, 1.165) is 15.1 Å². The van der Waals surface area contributed by atoms with Gasteiger partial charge >= 0.3 is 0 Å². The van der Waals surface area contributed by atoms with Crippen LogP contribution in [0.3, 0.4) is 0 Å². The van der Waals surface area contributed by atoms with Crippen molar-refractivity contribution in [1.82, 2.24) is 9.62 Å². The van der Waals surface area contributed by atoms with E-state index in [-0.39, 0.29) is 40.6 Å². The molecule has 8 heteroatoms. The van der Waals surface area contributed by atoms with Crippen LogP contribution in [0.4, 0.5) is 0 Å². The zero-order valence-electron chi connectivity index (χ0n) is 20.3. The first-order valence-corrected chi connectivity index (χ1v) is 13.3. The van der Waals surface area contributed by atoms with Crippen LogP contribution in [-0.2, 0) is 14.8 Å². The molecule has 1 amide bonds. The summed E-state index contributed by atoms with van der Waals surface area (Å²) in [6.07, 6.45) is 1.40. The van der Waals surface area contributed by atoms with E-state index < -0.39 is 21.7 Å². The second kappa shape index (κ2) is 10.4. The Bertz CT molecular complexity index is 1690. The fraction of sp³-hybridized carbons (Fsp3) is 0.0667. The fourth-order valence-corrected chi connectivity index (χ4v) is 6.07. The second-order valence-corrected chi connectivity index (χ2v) is 10.4. The summed E-state index contributed by atoms with van der Waals surface area (Å²) in [5, 5.41) is 4.60. The first-order valence-electron chi connectivity index (χ1n) is 11.9. The predicted octanol–water partition coefficient (Wildman–Crippen LogP) is 4.78. The van der Waals surface area contributed by atoms with Crippen LogP contribution >= 0.6 is 0 Å². The number of hydrogen-bond donors (Lipinski definition) is 1. The first-order chi connectivity index (χ1) is 18.4. The van der Waals surface area contributed by atoms with Gasteiger partial charge in [0, 0.05) is 16.5 Å². The van der Waals surface area contributed by atoms with Crippen LogP contribution in [0.25, 0.3) is 16.5 Å². The number of carbonyl (C=O) groups excluding carboxylic acids is 2. The molecule has 0 fully saturated rings. The number of benzene rings is 4. The lowest BCUT2D eigenvalue weighted by atomic mass is 10.0. The molecular weight excluding hydrogens is 500 g/mol. The Morgan fingerprint density at radius 2 is 1.55 bits per heavy atom. The highest BCUT2D eigenvalue weighted by molar-refractivity contribution is 7.89. The van der Waals surface area contributed by atoms with Crippen molar-refractivity contribution in [2.24, 2.45) is 0 Å².